The van der Waals surface area contributed by atoms with Gasteiger partial charge in [-0.2, -0.15) is 0 Å². The van der Waals surface area contributed by atoms with E-state index in [1.54, 1.807) is 0 Å². The third-order valence-electron chi connectivity index (χ3n) is 5.08. The molecule has 1 N–H and O–H groups in total. The van der Waals surface area contributed by atoms with Crippen LogP contribution < -0.4 is 10.1 Å². The van der Waals surface area contributed by atoms with Crippen molar-refractivity contribution in [2.24, 2.45) is 0 Å². The Morgan fingerprint density at radius 1 is 1.17 bits per heavy atom. The zero-order valence-corrected chi connectivity index (χ0v) is 13.9. The molecule has 124 valence electrons. The average molecular weight is 322 g/mol. The number of nitrogens with zero attached hydrogens (tertiary/aromatic N) is 1. The van der Waals surface area contributed by atoms with Crippen molar-refractivity contribution in [3.05, 3.63) is 65.2 Å². The highest BCUT2D eigenvalue weighted by Crippen LogP contribution is 2.34. The molecule has 2 aromatic carbocycles. The van der Waals surface area contributed by atoms with Crippen molar-refractivity contribution in [2.75, 3.05) is 13.6 Å². The predicted octanol–water partition coefficient (Wildman–Crippen LogP) is 3.32. The summed E-state index contributed by atoms with van der Waals surface area (Å²) in [6.07, 6.45) is 2.91. The first-order valence-electron chi connectivity index (χ1n) is 8.55. The van der Waals surface area contributed by atoms with Crippen LogP contribution in [0.1, 0.15) is 29.2 Å². The molecule has 4 rings (SSSR count). The molecule has 24 heavy (non-hydrogen) atoms. The molecule has 1 aliphatic carbocycles. The molecular formula is C20H22N2O2. The maximum Gasteiger partial charge on any atom is 0.317 e. The van der Waals surface area contributed by atoms with Crippen molar-refractivity contribution in [2.45, 2.75) is 31.4 Å². The fourth-order valence-electron chi connectivity index (χ4n) is 3.77. The first-order chi connectivity index (χ1) is 11.7. The number of para-hydroxylation sites is 1. The second-order valence-electron chi connectivity index (χ2n) is 6.60. The summed E-state index contributed by atoms with van der Waals surface area (Å²) in [5.74, 6) is 0.940. The Bertz CT molecular complexity index is 734. The molecule has 0 aromatic heterocycles. The van der Waals surface area contributed by atoms with Crippen LogP contribution in [0.25, 0.3) is 0 Å². The lowest BCUT2D eigenvalue weighted by atomic mass is 10.1. The van der Waals surface area contributed by atoms with Gasteiger partial charge in [-0.3, -0.25) is 0 Å². The summed E-state index contributed by atoms with van der Waals surface area (Å²) < 4.78 is 5.89. The zero-order valence-electron chi connectivity index (χ0n) is 13.9. The van der Waals surface area contributed by atoms with Gasteiger partial charge in [0.15, 0.2) is 0 Å². The standard InChI is InChI=1S/C20H22N2O2/c1-22(18-11-10-14-6-2-4-8-17(14)18)20(23)21-13-16-12-15-7-3-5-9-19(15)24-16/h2-9,16,18H,10-13H2,1H3,(H,21,23)/t16-,18+/m1/s1. The number of aryl methyl sites for hydroxylation is 1. The van der Waals surface area contributed by atoms with Gasteiger partial charge in [-0.05, 0) is 35.6 Å². The first-order valence-corrected chi connectivity index (χ1v) is 8.55. The summed E-state index contributed by atoms with van der Waals surface area (Å²) in [5, 5.41) is 3.03. The van der Waals surface area contributed by atoms with Gasteiger partial charge >= 0.3 is 6.03 Å². The fourth-order valence-corrected chi connectivity index (χ4v) is 3.77. The zero-order chi connectivity index (χ0) is 16.5. The van der Waals surface area contributed by atoms with Crippen molar-refractivity contribution < 1.29 is 9.53 Å². The van der Waals surface area contributed by atoms with Crippen molar-refractivity contribution >= 4 is 6.03 Å². The van der Waals surface area contributed by atoms with E-state index < -0.39 is 0 Å². The highest BCUT2D eigenvalue weighted by atomic mass is 16.5. The number of urea groups is 1. The topological polar surface area (TPSA) is 41.6 Å². The van der Waals surface area contributed by atoms with Crippen LogP contribution in [0.3, 0.4) is 0 Å². The van der Waals surface area contributed by atoms with Crippen molar-refractivity contribution in [3.63, 3.8) is 0 Å². The Labute approximate surface area is 142 Å². The summed E-state index contributed by atoms with van der Waals surface area (Å²) in [6, 6.07) is 16.6. The van der Waals surface area contributed by atoms with Gasteiger partial charge in [-0.25, -0.2) is 4.79 Å². The van der Waals surface area contributed by atoms with E-state index in [-0.39, 0.29) is 18.2 Å². The van der Waals surface area contributed by atoms with Crippen LogP contribution in [0.5, 0.6) is 5.75 Å². The molecule has 4 nitrogen and oxygen atoms in total. The lowest BCUT2D eigenvalue weighted by Crippen LogP contribution is -2.43. The van der Waals surface area contributed by atoms with Crippen LogP contribution in [-0.2, 0) is 12.8 Å². The highest BCUT2D eigenvalue weighted by molar-refractivity contribution is 5.74. The number of hydrogen-bond acceptors (Lipinski definition) is 2. The average Bonchev–Trinajstić information content (AvgIpc) is 3.22. The number of fused-ring (bicyclic) bond motifs is 2. The first kappa shape index (κ1) is 15.1. The van der Waals surface area contributed by atoms with Gasteiger partial charge in [0.05, 0.1) is 12.6 Å². The molecule has 2 aliphatic rings. The van der Waals surface area contributed by atoms with E-state index in [0.717, 1.165) is 25.0 Å². The maximum atomic E-state index is 12.5. The molecule has 1 aliphatic heterocycles. The molecule has 0 saturated heterocycles. The SMILES string of the molecule is CN(C(=O)NC[C@H]1Cc2ccccc2O1)[C@H]1CCc2ccccc21. The minimum Gasteiger partial charge on any atom is -0.488 e. The second-order valence-corrected chi connectivity index (χ2v) is 6.60. The smallest absolute Gasteiger partial charge is 0.317 e. The van der Waals surface area contributed by atoms with Gasteiger partial charge in [0, 0.05) is 13.5 Å². The summed E-state index contributed by atoms with van der Waals surface area (Å²) in [4.78, 5) is 14.4. The monoisotopic (exact) mass is 322 g/mol. The molecule has 0 saturated carbocycles. The largest absolute Gasteiger partial charge is 0.488 e. The maximum absolute atomic E-state index is 12.5. The summed E-state index contributed by atoms with van der Waals surface area (Å²) in [6.45, 7) is 0.534. The van der Waals surface area contributed by atoms with E-state index in [1.807, 2.05) is 36.2 Å². The Hall–Kier alpha value is -2.49. The fraction of sp³-hybridized carbons (Fsp3) is 0.350. The lowest BCUT2D eigenvalue weighted by molar-refractivity contribution is 0.178. The van der Waals surface area contributed by atoms with Crippen LogP contribution in [0.15, 0.2) is 48.5 Å². The molecule has 0 spiro atoms. The van der Waals surface area contributed by atoms with E-state index in [9.17, 15) is 4.79 Å². The Balaban J connectivity index is 1.34. The molecule has 2 atom stereocenters. The lowest BCUT2D eigenvalue weighted by Gasteiger charge is -2.26. The minimum absolute atomic E-state index is 0.0237. The molecule has 2 amide bonds. The van der Waals surface area contributed by atoms with Crippen LogP contribution in [0, 0.1) is 0 Å². The molecule has 0 unspecified atom stereocenters. The van der Waals surface area contributed by atoms with Crippen LogP contribution in [0.2, 0.25) is 0 Å². The summed E-state index contributed by atoms with van der Waals surface area (Å²) in [7, 11) is 1.88. The van der Waals surface area contributed by atoms with Crippen LogP contribution in [-0.4, -0.2) is 30.6 Å². The van der Waals surface area contributed by atoms with Crippen LogP contribution >= 0.6 is 0 Å². The van der Waals surface area contributed by atoms with Crippen molar-refractivity contribution in [1.82, 2.24) is 10.2 Å². The molecule has 1 heterocycles. The number of hydrogen-bond donors (Lipinski definition) is 1. The van der Waals surface area contributed by atoms with Crippen molar-refractivity contribution in [3.8, 4) is 5.75 Å². The van der Waals surface area contributed by atoms with E-state index in [0.29, 0.717) is 6.54 Å². The number of carbonyl (C=O) groups is 1. The number of benzene rings is 2. The quantitative estimate of drug-likeness (QED) is 0.942. The normalized spacial score (nSPS) is 20.9. The third kappa shape index (κ3) is 2.73. The number of rotatable bonds is 3. The molecule has 0 fully saturated rings. The van der Waals surface area contributed by atoms with Gasteiger partial charge in [0.25, 0.3) is 0 Å². The number of nitrogens with one attached hydrogen (secondary N) is 1. The number of ether oxygens (including phenoxy) is 1. The van der Waals surface area contributed by atoms with E-state index in [4.69, 9.17) is 4.74 Å². The number of amides is 2. The molecule has 0 bridgehead atoms. The van der Waals surface area contributed by atoms with E-state index in [2.05, 4.69) is 29.6 Å². The molecular weight excluding hydrogens is 300 g/mol. The Kier molecular flexibility index (Phi) is 3.89. The highest BCUT2D eigenvalue weighted by Gasteiger charge is 2.29. The summed E-state index contributed by atoms with van der Waals surface area (Å²) >= 11 is 0. The van der Waals surface area contributed by atoms with Gasteiger partial charge in [-0.15, -0.1) is 0 Å². The second kappa shape index (κ2) is 6.19. The van der Waals surface area contributed by atoms with Gasteiger partial charge in [0.2, 0.25) is 0 Å². The predicted molar refractivity (Wildman–Crippen MR) is 93.2 cm³/mol. The van der Waals surface area contributed by atoms with Crippen molar-refractivity contribution in [1.29, 1.82) is 0 Å². The Morgan fingerprint density at radius 3 is 2.75 bits per heavy atom. The van der Waals surface area contributed by atoms with Gasteiger partial charge < -0.3 is 15.0 Å². The third-order valence-corrected chi connectivity index (χ3v) is 5.08. The van der Waals surface area contributed by atoms with Gasteiger partial charge in [0.1, 0.15) is 11.9 Å². The Morgan fingerprint density at radius 2 is 1.92 bits per heavy atom. The minimum atomic E-state index is -0.0312. The summed E-state index contributed by atoms with van der Waals surface area (Å²) in [5.41, 5.74) is 3.85. The van der Waals surface area contributed by atoms with Crippen LogP contribution in [0.4, 0.5) is 4.79 Å². The van der Waals surface area contributed by atoms with E-state index in [1.165, 1.54) is 16.7 Å². The van der Waals surface area contributed by atoms with Gasteiger partial charge in [-0.1, -0.05) is 42.5 Å². The number of carbonyl (C=O) groups excluding carboxylic acids is 1. The molecule has 2 aromatic rings. The van der Waals surface area contributed by atoms with E-state index >= 15 is 0 Å². The molecule has 0 radical (unpaired) electrons. The molecule has 4 heteroatoms.